The predicted octanol–water partition coefficient (Wildman–Crippen LogP) is 4.14. The summed E-state index contributed by atoms with van der Waals surface area (Å²) in [5, 5.41) is 5.49. The van der Waals surface area contributed by atoms with Crippen LogP contribution in [0.5, 0.6) is 5.75 Å². The van der Waals surface area contributed by atoms with Crippen molar-refractivity contribution in [1.82, 2.24) is 10.2 Å². The number of nitrogens with one attached hydrogen (secondary N) is 2. The summed E-state index contributed by atoms with van der Waals surface area (Å²) in [5.41, 5.74) is 2.18. The number of imide groups is 1. The van der Waals surface area contributed by atoms with E-state index in [0.29, 0.717) is 11.3 Å². The summed E-state index contributed by atoms with van der Waals surface area (Å²) in [4.78, 5) is 49.8. The van der Waals surface area contributed by atoms with Gasteiger partial charge in [0.25, 0.3) is 11.8 Å². The number of rotatable bonds is 8. The number of esters is 1. The van der Waals surface area contributed by atoms with E-state index in [4.69, 9.17) is 20.8 Å². The van der Waals surface area contributed by atoms with Crippen molar-refractivity contribution < 1.29 is 33.1 Å². The van der Waals surface area contributed by atoms with Gasteiger partial charge >= 0.3 is 12.0 Å². The number of carbonyl (C=O) groups excluding carboxylic acids is 4. The summed E-state index contributed by atoms with van der Waals surface area (Å²) < 4.78 is 15.4. The van der Waals surface area contributed by atoms with Crippen LogP contribution in [0.1, 0.15) is 27.4 Å². The minimum atomic E-state index is -0.666. The number of para-hydroxylation sites is 1. The summed E-state index contributed by atoms with van der Waals surface area (Å²) >= 11 is 6.31. The highest BCUT2D eigenvalue weighted by molar-refractivity contribution is 6.32. The fourth-order valence-electron chi connectivity index (χ4n) is 3.48. The van der Waals surface area contributed by atoms with Gasteiger partial charge in [-0.15, -0.1) is 0 Å². The SMILES string of the molecule is COC(=O)c1ccc(CN2C(=O)N/C(=C\c3ccc(OCC(=O)Nc4ccccc4C)c(Cl)c3)C2=O)o1. The smallest absolute Gasteiger partial charge is 0.373 e. The number of hydrogen-bond acceptors (Lipinski definition) is 7. The average molecular weight is 524 g/mol. The van der Waals surface area contributed by atoms with Crippen LogP contribution in [-0.4, -0.2) is 42.4 Å². The molecule has 1 aliphatic heterocycles. The molecule has 0 spiro atoms. The summed E-state index contributed by atoms with van der Waals surface area (Å²) in [6.45, 7) is 1.47. The second kappa shape index (κ2) is 11.0. The predicted molar refractivity (Wildman–Crippen MR) is 134 cm³/mol. The van der Waals surface area contributed by atoms with E-state index in [0.717, 1.165) is 10.5 Å². The zero-order chi connectivity index (χ0) is 26.5. The molecule has 0 saturated carbocycles. The van der Waals surface area contributed by atoms with Crippen molar-refractivity contribution in [1.29, 1.82) is 0 Å². The van der Waals surface area contributed by atoms with Crippen LogP contribution in [0.2, 0.25) is 5.02 Å². The molecule has 0 aliphatic carbocycles. The molecule has 10 nitrogen and oxygen atoms in total. The third kappa shape index (κ3) is 5.99. The van der Waals surface area contributed by atoms with Crippen LogP contribution in [0.25, 0.3) is 6.08 Å². The largest absolute Gasteiger partial charge is 0.482 e. The summed E-state index contributed by atoms with van der Waals surface area (Å²) in [5.74, 6) is -1.10. The van der Waals surface area contributed by atoms with Crippen molar-refractivity contribution in [2.45, 2.75) is 13.5 Å². The van der Waals surface area contributed by atoms with E-state index in [1.54, 1.807) is 24.3 Å². The summed E-state index contributed by atoms with van der Waals surface area (Å²) in [7, 11) is 1.22. The maximum absolute atomic E-state index is 12.8. The highest BCUT2D eigenvalue weighted by Crippen LogP contribution is 2.27. The Labute approximate surface area is 216 Å². The van der Waals surface area contributed by atoms with E-state index < -0.39 is 17.9 Å². The lowest BCUT2D eigenvalue weighted by molar-refractivity contribution is -0.123. The maximum atomic E-state index is 12.8. The number of carbonyl (C=O) groups is 4. The van der Waals surface area contributed by atoms with E-state index in [-0.39, 0.29) is 47.0 Å². The number of benzene rings is 2. The maximum Gasteiger partial charge on any atom is 0.373 e. The Balaban J connectivity index is 1.38. The number of nitrogens with zero attached hydrogens (tertiary/aromatic N) is 1. The zero-order valence-electron chi connectivity index (χ0n) is 19.9. The van der Waals surface area contributed by atoms with Crippen molar-refractivity contribution >= 4 is 47.2 Å². The van der Waals surface area contributed by atoms with Gasteiger partial charge in [-0.2, -0.15) is 0 Å². The highest BCUT2D eigenvalue weighted by atomic mass is 35.5. The van der Waals surface area contributed by atoms with Crippen molar-refractivity contribution in [3.05, 3.63) is 88.0 Å². The van der Waals surface area contributed by atoms with Crippen LogP contribution >= 0.6 is 11.6 Å². The van der Waals surface area contributed by atoms with Gasteiger partial charge in [-0.3, -0.25) is 14.5 Å². The molecule has 1 saturated heterocycles. The number of furan rings is 1. The molecule has 4 amide bonds. The Morgan fingerprint density at radius 3 is 2.65 bits per heavy atom. The third-order valence-electron chi connectivity index (χ3n) is 5.37. The van der Waals surface area contributed by atoms with Gasteiger partial charge in [0.1, 0.15) is 17.2 Å². The Morgan fingerprint density at radius 1 is 1.14 bits per heavy atom. The molecule has 190 valence electrons. The first-order valence-electron chi connectivity index (χ1n) is 11.0. The number of methoxy groups -OCH3 is 1. The standard InChI is InChI=1S/C26H22ClN3O7/c1-15-5-3-4-6-19(15)28-23(31)14-36-21-9-7-16(11-18(21)27)12-20-24(32)30(26(34)29-20)13-17-8-10-22(37-17)25(33)35-2/h3-12H,13-14H2,1-2H3,(H,28,31)(H,29,34)/b20-12-. The molecule has 0 unspecified atom stereocenters. The Hall–Kier alpha value is -4.57. The van der Waals surface area contributed by atoms with Gasteiger partial charge in [-0.25, -0.2) is 9.59 Å². The van der Waals surface area contributed by atoms with Gasteiger partial charge in [0.2, 0.25) is 5.76 Å². The van der Waals surface area contributed by atoms with E-state index in [1.807, 2.05) is 25.1 Å². The highest BCUT2D eigenvalue weighted by Gasteiger charge is 2.34. The van der Waals surface area contributed by atoms with Crippen LogP contribution in [0.3, 0.4) is 0 Å². The van der Waals surface area contributed by atoms with E-state index >= 15 is 0 Å². The molecule has 0 atom stereocenters. The van der Waals surface area contributed by atoms with E-state index in [1.165, 1.54) is 25.3 Å². The number of anilines is 1. The number of ether oxygens (including phenoxy) is 2. The molecule has 1 aromatic heterocycles. The number of urea groups is 1. The molecule has 2 aromatic carbocycles. The van der Waals surface area contributed by atoms with Gasteiger partial charge in [-0.1, -0.05) is 35.9 Å². The Kier molecular flexibility index (Phi) is 7.59. The Bertz CT molecular complexity index is 1410. The van der Waals surface area contributed by atoms with Gasteiger partial charge in [-0.05, 0) is 54.5 Å². The summed E-state index contributed by atoms with van der Waals surface area (Å²) in [6, 6.07) is 14.3. The topological polar surface area (TPSA) is 127 Å². The van der Waals surface area contributed by atoms with E-state index in [9.17, 15) is 19.2 Å². The van der Waals surface area contributed by atoms with Crippen LogP contribution in [-0.2, 0) is 20.9 Å². The van der Waals surface area contributed by atoms with Crippen LogP contribution < -0.4 is 15.4 Å². The van der Waals surface area contributed by atoms with Crippen molar-refractivity contribution in [2.75, 3.05) is 19.0 Å². The van der Waals surface area contributed by atoms with Crippen molar-refractivity contribution in [3.63, 3.8) is 0 Å². The lowest BCUT2D eigenvalue weighted by Crippen LogP contribution is -2.30. The molecule has 0 bridgehead atoms. The molecule has 1 aliphatic rings. The van der Waals surface area contributed by atoms with Gasteiger partial charge < -0.3 is 24.5 Å². The van der Waals surface area contributed by atoms with Gasteiger partial charge in [0.15, 0.2) is 6.61 Å². The molecule has 2 N–H and O–H groups in total. The number of amides is 4. The van der Waals surface area contributed by atoms with Crippen LogP contribution in [0.4, 0.5) is 10.5 Å². The first-order valence-corrected chi connectivity index (χ1v) is 11.4. The normalized spacial score (nSPS) is 14.0. The van der Waals surface area contributed by atoms with E-state index in [2.05, 4.69) is 15.4 Å². The van der Waals surface area contributed by atoms with Crippen molar-refractivity contribution in [2.24, 2.45) is 0 Å². The third-order valence-corrected chi connectivity index (χ3v) is 5.66. The van der Waals surface area contributed by atoms with Crippen LogP contribution in [0, 0.1) is 6.92 Å². The monoisotopic (exact) mass is 523 g/mol. The number of aryl methyl sites for hydroxylation is 1. The van der Waals surface area contributed by atoms with Gasteiger partial charge in [0, 0.05) is 5.69 Å². The second-order valence-electron chi connectivity index (χ2n) is 7.98. The number of hydrogen-bond donors (Lipinski definition) is 2. The molecule has 0 radical (unpaired) electrons. The fraction of sp³-hybridized carbons (Fsp3) is 0.154. The molecule has 3 aromatic rings. The Morgan fingerprint density at radius 2 is 1.92 bits per heavy atom. The van der Waals surface area contributed by atoms with Gasteiger partial charge in [0.05, 0.1) is 18.7 Å². The lowest BCUT2D eigenvalue weighted by Gasteiger charge is -2.11. The zero-order valence-corrected chi connectivity index (χ0v) is 20.6. The molecule has 1 fully saturated rings. The molecule has 2 heterocycles. The molecule has 37 heavy (non-hydrogen) atoms. The minimum Gasteiger partial charge on any atom is -0.482 e. The lowest BCUT2D eigenvalue weighted by atomic mass is 10.2. The summed E-state index contributed by atoms with van der Waals surface area (Å²) in [6.07, 6.45) is 1.46. The quantitative estimate of drug-likeness (QED) is 0.258. The average Bonchev–Trinajstić information content (AvgIpc) is 3.45. The minimum absolute atomic E-state index is 0.0343. The molecular formula is C26H22ClN3O7. The molecule has 11 heteroatoms. The molecular weight excluding hydrogens is 502 g/mol. The van der Waals surface area contributed by atoms with Crippen molar-refractivity contribution in [3.8, 4) is 5.75 Å². The second-order valence-corrected chi connectivity index (χ2v) is 8.39. The molecule has 4 rings (SSSR count). The fourth-order valence-corrected chi connectivity index (χ4v) is 3.72. The first kappa shape index (κ1) is 25.5. The number of halogens is 1. The first-order chi connectivity index (χ1) is 17.7. The van der Waals surface area contributed by atoms with Crippen LogP contribution in [0.15, 0.2) is 64.7 Å².